The molecule has 0 fully saturated rings. The van der Waals surface area contributed by atoms with Gasteiger partial charge in [-0.2, -0.15) is 0 Å². The molecule has 1 aliphatic rings. The maximum Gasteiger partial charge on any atom is 0.337 e. The first-order valence-corrected chi connectivity index (χ1v) is 6.35. The molecule has 0 saturated heterocycles. The largest absolute Gasteiger partial charge is 0.465 e. The zero-order chi connectivity index (χ0) is 14.5. The topological polar surface area (TPSA) is 52.6 Å². The molecule has 1 unspecified atom stereocenters. The highest BCUT2D eigenvalue weighted by atomic mass is 16.5. The highest BCUT2D eigenvalue weighted by Crippen LogP contribution is 2.20. The zero-order valence-corrected chi connectivity index (χ0v) is 11.5. The molecule has 0 radical (unpaired) electrons. The van der Waals surface area contributed by atoms with Crippen LogP contribution in [0.3, 0.4) is 0 Å². The van der Waals surface area contributed by atoms with Crippen molar-refractivity contribution in [1.29, 1.82) is 0 Å². The molecule has 1 atom stereocenters. The molecule has 104 valence electrons. The lowest BCUT2D eigenvalue weighted by atomic mass is 9.98. The fourth-order valence-corrected chi connectivity index (χ4v) is 1.87. The van der Waals surface area contributed by atoms with E-state index in [2.05, 4.69) is 4.74 Å². The average Bonchev–Trinajstić information content (AvgIpc) is 2.48. The van der Waals surface area contributed by atoms with Crippen molar-refractivity contribution in [3.05, 3.63) is 53.6 Å². The lowest BCUT2D eigenvalue weighted by molar-refractivity contribution is -0.137. The van der Waals surface area contributed by atoms with Gasteiger partial charge in [0, 0.05) is 0 Å². The second kappa shape index (κ2) is 6.19. The number of ether oxygens (including phenoxy) is 2. The number of hydrogen-bond donors (Lipinski definition) is 0. The number of methoxy groups -OCH3 is 1. The highest BCUT2D eigenvalue weighted by molar-refractivity contribution is 5.89. The van der Waals surface area contributed by atoms with E-state index in [1.807, 2.05) is 25.2 Å². The van der Waals surface area contributed by atoms with Crippen LogP contribution in [-0.4, -0.2) is 19.0 Å². The smallest absolute Gasteiger partial charge is 0.337 e. The van der Waals surface area contributed by atoms with Crippen LogP contribution in [-0.2, 0) is 9.53 Å². The molecule has 0 bridgehead atoms. The van der Waals surface area contributed by atoms with E-state index in [-0.39, 0.29) is 11.9 Å². The summed E-state index contributed by atoms with van der Waals surface area (Å²) < 4.78 is 9.89. The molecule has 1 aromatic rings. The molecule has 0 aliphatic heterocycles. The van der Waals surface area contributed by atoms with Gasteiger partial charge in [0.1, 0.15) is 5.75 Å². The van der Waals surface area contributed by atoms with Crippen molar-refractivity contribution < 1.29 is 19.1 Å². The molecule has 1 aliphatic carbocycles. The minimum absolute atomic E-state index is 0.251. The molecule has 0 spiro atoms. The van der Waals surface area contributed by atoms with Crippen molar-refractivity contribution in [2.24, 2.45) is 5.92 Å². The Morgan fingerprint density at radius 2 is 1.90 bits per heavy atom. The summed E-state index contributed by atoms with van der Waals surface area (Å²) in [7, 11) is 1.32. The van der Waals surface area contributed by atoms with Crippen molar-refractivity contribution in [2.45, 2.75) is 13.3 Å². The Hall–Kier alpha value is -2.36. The number of allylic oxidation sites excluding steroid dienone is 3. The summed E-state index contributed by atoms with van der Waals surface area (Å²) in [5, 5.41) is 0. The highest BCUT2D eigenvalue weighted by Gasteiger charge is 2.18. The van der Waals surface area contributed by atoms with Gasteiger partial charge in [0.25, 0.3) is 0 Å². The van der Waals surface area contributed by atoms with Crippen molar-refractivity contribution >= 4 is 11.9 Å². The van der Waals surface area contributed by atoms with Gasteiger partial charge in [-0.15, -0.1) is 0 Å². The van der Waals surface area contributed by atoms with Crippen LogP contribution in [0, 0.1) is 5.92 Å². The van der Waals surface area contributed by atoms with Crippen molar-refractivity contribution in [2.75, 3.05) is 7.11 Å². The standard InChI is InChI=1S/C16H16O4/c1-11-3-5-13(6-4-11)16(18)20-14-9-7-12(8-10-14)15(17)19-2/h3-5,7-10,13H,6H2,1-2H3. The summed E-state index contributed by atoms with van der Waals surface area (Å²) in [5.74, 6) is -0.546. The number of carbonyl (C=O) groups is 2. The third-order valence-electron chi connectivity index (χ3n) is 3.08. The first-order chi connectivity index (χ1) is 9.60. The molecular weight excluding hydrogens is 256 g/mol. The van der Waals surface area contributed by atoms with E-state index in [4.69, 9.17) is 4.74 Å². The molecule has 0 amide bonds. The first-order valence-electron chi connectivity index (χ1n) is 6.35. The van der Waals surface area contributed by atoms with Crippen LogP contribution in [0.5, 0.6) is 5.75 Å². The van der Waals surface area contributed by atoms with E-state index in [1.54, 1.807) is 24.3 Å². The predicted octanol–water partition coefficient (Wildman–Crippen LogP) is 2.90. The lowest BCUT2D eigenvalue weighted by Crippen LogP contribution is -2.19. The SMILES string of the molecule is COC(=O)c1ccc(OC(=O)C2C=CC(C)=CC2)cc1. The third-order valence-corrected chi connectivity index (χ3v) is 3.08. The molecule has 0 saturated carbocycles. The maximum absolute atomic E-state index is 12.0. The van der Waals surface area contributed by atoms with E-state index in [1.165, 1.54) is 7.11 Å². The van der Waals surface area contributed by atoms with Gasteiger partial charge in [0.05, 0.1) is 18.6 Å². The number of benzene rings is 1. The summed E-state index contributed by atoms with van der Waals surface area (Å²) in [4.78, 5) is 23.2. The van der Waals surface area contributed by atoms with Crippen LogP contribution in [0.4, 0.5) is 0 Å². The Labute approximate surface area is 117 Å². The zero-order valence-electron chi connectivity index (χ0n) is 11.5. The van der Waals surface area contributed by atoms with E-state index >= 15 is 0 Å². The quantitative estimate of drug-likeness (QED) is 0.627. The van der Waals surface area contributed by atoms with E-state index in [9.17, 15) is 9.59 Å². The Morgan fingerprint density at radius 3 is 2.45 bits per heavy atom. The van der Waals surface area contributed by atoms with E-state index in [0.29, 0.717) is 17.7 Å². The fraction of sp³-hybridized carbons (Fsp3) is 0.250. The van der Waals surface area contributed by atoms with E-state index < -0.39 is 5.97 Å². The average molecular weight is 272 g/mol. The summed E-state index contributed by atoms with van der Waals surface area (Å²) >= 11 is 0. The lowest BCUT2D eigenvalue weighted by Gasteiger charge is -2.13. The number of hydrogen-bond acceptors (Lipinski definition) is 4. The second-order valence-corrected chi connectivity index (χ2v) is 4.59. The Kier molecular flexibility index (Phi) is 4.35. The van der Waals surface area contributed by atoms with Gasteiger partial charge in [-0.25, -0.2) is 4.79 Å². The Morgan fingerprint density at radius 1 is 1.20 bits per heavy atom. The molecule has 1 aromatic carbocycles. The van der Waals surface area contributed by atoms with Crippen LogP contribution in [0.25, 0.3) is 0 Å². The summed E-state index contributed by atoms with van der Waals surface area (Å²) in [6.45, 7) is 1.99. The van der Waals surface area contributed by atoms with Crippen molar-refractivity contribution in [3.8, 4) is 5.75 Å². The molecule has 20 heavy (non-hydrogen) atoms. The van der Waals surface area contributed by atoms with Crippen molar-refractivity contribution in [3.63, 3.8) is 0 Å². The van der Waals surface area contributed by atoms with Crippen LogP contribution in [0.1, 0.15) is 23.7 Å². The number of esters is 2. The molecule has 0 aromatic heterocycles. The van der Waals surface area contributed by atoms with Gasteiger partial charge < -0.3 is 9.47 Å². The van der Waals surface area contributed by atoms with Gasteiger partial charge in [-0.1, -0.05) is 23.8 Å². The second-order valence-electron chi connectivity index (χ2n) is 4.59. The van der Waals surface area contributed by atoms with E-state index in [0.717, 1.165) is 5.57 Å². The third kappa shape index (κ3) is 3.35. The molecule has 0 N–H and O–H groups in total. The number of carbonyl (C=O) groups excluding carboxylic acids is 2. The van der Waals surface area contributed by atoms with Gasteiger partial charge in [-0.3, -0.25) is 4.79 Å². The Balaban J connectivity index is 1.98. The minimum Gasteiger partial charge on any atom is -0.465 e. The normalized spacial score (nSPS) is 17.3. The van der Waals surface area contributed by atoms with Crippen LogP contribution in [0.15, 0.2) is 48.1 Å². The molecule has 4 heteroatoms. The molecule has 0 heterocycles. The predicted molar refractivity (Wildman–Crippen MR) is 74.4 cm³/mol. The summed E-state index contributed by atoms with van der Waals surface area (Å²) in [6.07, 6.45) is 6.42. The summed E-state index contributed by atoms with van der Waals surface area (Å²) in [6, 6.07) is 6.29. The molecule has 4 nitrogen and oxygen atoms in total. The van der Waals surface area contributed by atoms with Crippen LogP contribution in [0.2, 0.25) is 0 Å². The fourth-order valence-electron chi connectivity index (χ4n) is 1.87. The van der Waals surface area contributed by atoms with Gasteiger partial charge in [0.15, 0.2) is 0 Å². The molecule has 2 rings (SSSR count). The summed E-state index contributed by atoms with van der Waals surface area (Å²) in [5.41, 5.74) is 1.57. The van der Waals surface area contributed by atoms with Gasteiger partial charge in [0.2, 0.25) is 0 Å². The van der Waals surface area contributed by atoms with Crippen LogP contribution >= 0.6 is 0 Å². The minimum atomic E-state index is -0.418. The van der Waals surface area contributed by atoms with Gasteiger partial charge in [-0.05, 0) is 37.6 Å². The first kappa shape index (κ1) is 14.1. The monoisotopic (exact) mass is 272 g/mol. The number of rotatable bonds is 3. The van der Waals surface area contributed by atoms with Crippen LogP contribution < -0.4 is 4.74 Å². The van der Waals surface area contributed by atoms with Crippen molar-refractivity contribution in [1.82, 2.24) is 0 Å². The Bertz CT molecular complexity index is 567. The van der Waals surface area contributed by atoms with Gasteiger partial charge >= 0.3 is 11.9 Å². The maximum atomic E-state index is 12.0. The molecular formula is C16H16O4.